The fourth-order valence-electron chi connectivity index (χ4n) is 1.49. The maximum atomic E-state index is 5.39. The van der Waals surface area contributed by atoms with Gasteiger partial charge >= 0.3 is 0 Å². The van der Waals surface area contributed by atoms with E-state index in [0.29, 0.717) is 0 Å². The van der Waals surface area contributed by atoms with Crippen LogP contribution in [0, 0.1) is 0 Å². The number of hydrogen-bond donors (Lipinski definition) is 0. The molecule has 0 heterocycles. The standard InChI is InChI=1S/C11H17NO2/c1-12(2)11(14-4)9-7-5-6-8-10(9)13-3/h5-8,11H,1-4H3. The third kappa shape index (κ3) is 2.25. The van der Waals surface area contributed by atoms with Gasteiger partial charge in [0.25, 0.3) is 0 Å². The van der Waals surface area contributed by atoms with Crippen LogP contribution < -0.4 is 4.74 Å². The molecule has 14 heavy (non-hydrogen) atoms. The Kier molecular flexibility index (Phi) is 3.92. The zero-order valence-corrected chi connectivity index (χ0v) is 9.15. The van der Waals surface area contributed by atoms with Crippen molar-refractivity contribution in [2.75, 3.05) is 28.3 Å². The number of rotatable bonds is 4. The van der Waals surface area contributed by atoms with Gasteiger partial charge in [-0.15, -0.1) is 0 Å². The molecule has 0 radical (unpaired) electrons. The quantitative estimate of drug-likeness (QED) is 0.685. The maximum absolute atomic E-state index is 5.39. The summed E-state index contributed by atoms with van der Waals surface area (Å²) in [5.74, 6) is 0.855. The molecule has 3 nitrogen and oxygen atoms in total. The highest BCUT2D eigenvalue weighted by Crippen LogP contribution is 2.27. The van der Waals surface area contributed by atoms with Gasteiger partial charge in [-0.05, 0) is 20.2 Å². The molecule has 0 saturated heterocycles. The summed E-state index contributed by atoms with van der Waals surface area (Å²) >= 11 is 0. The van der Waals surface area contributed by atoms with Crippen molar-refractivity contribution in [2.24, 2.45) is 0 Å². The lowest BCUT2D eigenvalue weighted by Gasteiger charge is -2.24. The minimum atomic E-state index is -0.0638. The first kappa shape index (κ1) is 11.0. The molecule has 0 bridgehead atoms. The molecule has 0 aliphatic carbocycles. The normalized spacial score (nSPS) is 12.9. The largest absolute Gasteiger partial charge is 0.496 e. The molecule has 1 aromatic rings. The molecule has 0 aliphatic heterocycles. The summed E-state index contributed by atoms with van der Waals surface area (Å²) in [5.41, 5.74) is 1.04. The number of para-hydroxylation sites is 1. The van der Waals surface area contributed by atoms with Crippen molar-refractivity contribution in [3.05, 3.63) is 29.8 Å². The van der Waals surface area contributed by atoms with Gasteiger partial charge in [-0.25, -0.2) is 0 Å². The molecule has 0 N–H and O–H groups in total. The Balaban J connectivity index is 3.02. The molecule has 0 spiro atoms. The summed E-state index contributed by atoms with van der Waals surface area (Å²) in [6, 6.07) is 7.87. The van der Waals surface area contributed by atoms with E-state index in [-0.39, 0.29) is 6.23 Å². The Bertz CT molecular complexity index is 286. The first-order valence-corrected chi connectivity index (χ1v) is 4.52. The molecule has 0 aliphatic rings. The molecule has 0 aromatic heterocycles. The van der Waals surface area contributed by atoms with Crippen LogP contribution in [-0.2, 0) is 4.74 Å². The van der Waals surface area contributed by atoms with Crippen LogP contribution in [0.4, 0.5) is 0 Å². The van der Waals surface area contributed by atoms with Gasteiger partial charge in [0.05, 0.1) is 7.11 Å². The van der Waals surface area contributed by atoms with Crippen LogP contribution in [0.25, 0.3) is 0 Å². The average molecular weight is 195 g/mol. The molecular weight excluding hydrogens is 178 g/mol. The molecule has 1 atom stereocenters. The molecule has 1 unspecified atom stereocenters. The summed E-state index contributed by atoms with van der Waals surface area (Å²) in [7, 11) is 7.31. The van der Waals surface area contributed by atoms with E-state index in [2.05, 4.69) is 0 Å². The van der Waals surface area contributed by atoms with Crippen molar-refractivity contribution < 1.29 is 9.47 Å². The number of hydrogen-bond acceptors (Lipinski definition) is 3. The number of benzene rings is 1. The van der Waals surface area contributed by atoms with Crippen LogP contribution in [0.2, 0.25) is 0 Å². The van der Waals surface area contributed by atoms with Crippen molar-refractivity contribution in [3.8, 4) is 5.75 Å². The highest BCUT2D eigenvalue weighted by molar-refractivity contribution is 5.34. The van der Waals surface area contributed by atoms with Crippen molar-refractivity contribution >= 4 is 0 Å². The van der Waals surface area contributed by atoms with Gasteiger partial charge in [0.15, 0.2) is 0 Å². The Morgan fingerprint density at radius 1 is 1.14 bits per heavy atom. The van der Waals surface area contributed by atoms with E-state index < -0.39 is 0 Å². The number of nitrogens with zero attached hydrogens (tertiary/aromatic N) is 1. The lowest BCUT2D eigenvalue weighted by atomic mass is 10.1. The predicted molar refractivity (Wildman–Crippen MR) is 56.4 cm³/mol. The summed E-state index contributed by atoms with van der Waals surface area (Å²) < 4.78 is 10.7. The average Bonchev–Trinajstić information content (AvgIpc) is 2.19. The molecule has 0 fully saturated rings. The molecular formula is C11H17NO2. The van der Waals surface area contributed by atoms with Gasteiger partial charge in [0, 0.05) is 12.7 Å². The number of ether oxygens (including phenoxy) is 2. The topological polar surface area (TPSA) is 21.7 Å². The van der Waals surface area contributed by atoms with E-state index in [1.807, 2.05) is 43.3 Å². The second-order valence-corrected chi connectivity index (χ2v) is 3.29. The fraction of sp³-hybridized carbons (Fsp3) is 0.455. The molecule has 3 heteroatoms. The predicted octanol–water partition coefficient (Wildman–Crippen LogP) is 1.90. The summed E-state index contributed by atoms with van der Waals surface area (Å²) in [5, 5.41) is 0. The van der Waals surface area contributed by atoms with E-state index in [0.717, 1.165) is 11.3 Å². The van der Waals surface area contributed by atoms with Crippen LogP contribution in [-0.4, -0.2) is 33.2 Å². The molecule has 1 rings (SSSR count). The van der Waals surface area contributed by atoms with Crippen LogP contribution in [0.3, 0.4) is 0 Å². The lowest BCUT2D eigenvalue weighted by Crippen LogP contribution is -2.21. The second kappa shape index (κ2) is 4.98. The maximum Gasteiger partial charge on any atom is 0.139 e. The van der Waals surface area contributed by atoms with E-state index in [1.165, 1.54) is 0 Å². The monoisotopic (exact) mass is 195 g/mol. The highest BCUT2D eigenvalue weighted by Gasteiger charge is 2.16. The highest BCUT2D eigenvalue weighted by atomic mass is 16.5. The van der Waals surface area contributed by atoms with Crippen molar-refractivity contribution in [1.29, 1.82) is 0 Å². The SMILES string of the molecule is COc1ccccc1C(OC)N(C)C. The fourth-order valence-corrected chi connectivity index (χ4v) is 1.49. The Morgan fingerprint density at radius 3 is 2.29 bits per heavy atom. The second-order valence-electron chi connectivity index (χ2n) is 3.29. The van der Waals surface area contributed by atoms with Crippen molar-refractivity contribution in [3.63, 3.8) is 0 Å². The van der Waals surface area contributed by atoms with Crippen LogP contribution in [0.15, 0.2) is 24.3 Å². The van der Waals surface area contributed by atoms with Gasteiger partial charge in [-0.3, -0.25) is 4.90 Å². The van der Waals surface area contributed by atoms with Gasteiger partial charge in [-0.1, -0.05) is 18.2 Å². The van der Waals surface area contributed by atoms with Crippen molar-refractivity contribution in [1.82, 2.24) is 4.90 Å². The number of methoxy groups -OCH3 is 2. The molecule has 1 aromatic carbocycles. The first-order chi connectivity index (χ1) is 6.70. The van der Waals surface area contributed by atoms with E-state index in [1.54, 1.807) is 14.2 Å². The molecule has 0 saturated carbocycles. The van der Waals surface area contributed by atoms with Gasteiger partial charge in [0.2, 0.25) is 0 Å². The van der Waals surface area contributed by atoms with E-state index in [9.17, 15) is 0 Å². The summed E-state index contributed by atoms with van der Waals surface area (Å²) in [4.78, 5) is 2.00. The zero-order valence-electron chi connectivity index (χ0n) is 9.15. The van der Waals surface area contributed by atoms with Gasteiger partial charge in [-0.2, -0.15) is 0 Å². The van der Waals surface area contributed by atoms with E-state index >= 15 is 0 Å². The minimum absolute atomic E-state index is 0.0638. The Morgan fingerprint density at radius 2 is 1.79 bits per heavy atom. The third-order valence-corrected chi connectivity index (χ3v) is 2.10. The van der Waals surface area contributed by atoms with Crippen LogP contribution in [0.5, 0.6) is 5.75 Å². The van der Waals surface area contributed by atoms with E-state index in [4.69, 9.17) is 9.47 Å². The zero-order chi connectivity index (χ0) is 10.6. The smallest absolute Gasteiger partial charge is 0.139 e. The van der Waals surface area contributed by atoms with Crippen LogP contribution >= 0.6 is 0 Å². The lowest BCUT2D eigenvalue weighted by molar-refractivity contribution is -0.00693. The molecule has 0 amide bonds. The summed E-state index contributed by atoms with van der Waals surface area (Å²) in [6.07, 6.45) is -0.0638. The Hall–Kier alpha value is -1.06. The van der Waals surface area contributed by atoms with Gasteiger partial charge < -0.3 is 9.47 Å². The Labute approximate surface area is 85.2 Å². The van der Waals surface area contributed by atoms with Gasteiger partial charge in [0.1, 0.15) is 12.0 Å². The molecule has 78 valence electrons. The van der Waals surface area contributed by atoms with Crippen molar-refractivity contribution in [2.45, 2.75) is 6.23 Å². The third-order valence-electron chi connectivity index (χ3n) is 2.10. The van der Waals surface area contributed by atoms with Crippen LogP contribution in [0.1, 0.15) is 11.8 Å². The minimum Gasteiger partial charge on any atom is -0.496 e. The summed E-state index contributed by atoms with van der Waals surface area (Å²) in [6.45, 7) is 0. The first-order valence-electron chi connectivity index (χ1n) is 4.52.